The molecule has 2 rings (SSSR count). The SMILES string of the molecule is COc1ccc(/C=C/C(=O)NNC(=O)c2ccc(NC(=O)CC(C)C)cc2)cc1OC. The minimum Gasteiger partial charge on any atom is -0.493 e. The molecule has 0 unspecified atom stereocenters. The molecule has 2 aromatic rings. The smallest absolute Gasteiger partial charge is 0.269 e. The van der Waals surface area contributed by atoms with Crippen molar-refractivity contribution in [1.29, 1.82) is 0 Å². The maximum absolute atomic E-state index is 12.2. The Kier molecular flexibility index (Phi) is 8.63. The van der Waals surface area contributed by atoms with Crippen molar-refractivity contribution in [1.82, 2.24) is 10.9 Å². The molecule has 31 heavy (non-hydrogen) atoms. The van der Waals surface area contributed by atoms with Gasteiger partial charge in [0.05, 0.1) is 14.2 Å². The Balaban J connectivity index is 1.87. The molecule has 0 radical (unpaired) electrons. The molecule has 0 bridgehead atoms. The number of carbonyl (C=O) groups is 3. The van der Waals surface area contributed by atoms with Gasteiger partial charge < -0.3 is 14.8 Å². The van der Waals surface area contributed by atoms with Crippen LogP contribution in [0.15, 0.2) is 48.5 Å². The molecule has 0 atom stereocenters. The van der Waals surface area contributed by atoms with Crippen LogP contribution < -0.4 is 25.6 Å². The summed E-state index contributed by atoms with van der Waals surface area (Å²) in [6, 6.07) is 11.6. The van der Waals surface area contributed by atoms with E-state index in [2.05, 4.69) is 16.2 Å². The number of hydrazine groups is 1. The molecule has 3 N–H and O–H groups in total. The van der Waals surface area contributed by atoms with Gasteiger partial charge in [-0.15, -0.1) is 0 Å². The predicted octanol–water partition coefficient (Wildman–Crippen LogP) is 3.16. The molecule has 0 spiro atoms. The third-order valence-corrected chi connectivity index (χ3v) is 4.16. The molecule has 8 nitrogen and oxygen atoms in total. The average Bonchev–Trinajstić information content (AvgIpc) is 2.75. The Morgan fingerprint density at radius 3 is 2.23 bits per heavy atom. The minimum atomic E-state index is -0.499. The highest BCUT2D eigenvalue weighted by Crippen LogP contribution is 2.27. The van der Waals surface area contributed by atoms with Crippen molar-refractivity contribution >= 4 is 29.5 Å². The summed E-state index contributed by atoms with van der Waals surface area (Å²) < 4.78 is 10.4. The number of ether oxygens (including phenoxy) is 2. The van der Waals surface area contributed by atoms with E-state index < -0.39 is 11.8 Å². The van der Waals surface area contributed by atoms with Gasteiger partial charge in [0, 0.05) is 23.7 Å². The van der Waals surface area contributed by atoms with Crippen LogP contribution in [0.3, 0.4) is 0 Å². The first kappa shape index (κ1) is 23.5. The summed E-state index contributed by atoms with van der Waals surface area (Å²) in [6.07, 6.45) is 3.29. The van der Waals surface area contributed by atoms with Gasteiger partial charge in [-0.3, -0.25) is 25.2 Å². The van der Waals surface area contributed by atoms with E-state index in [0.717, 1.165) is 5.56 Å². The molecule has 2 aromatic carbocycles. The molecular weight excluding hydrogens is 398 g/mol. The highest BCUT2D eigenvalue weighted by atomic mass is 16.5. The van der Waals surface area contributed by atoms with Gasteiger partial charge in [-0.25, -0.2) is 0 Å². The summed E-state index contributed by atoms with van der Waals surface area (Å²) in [5.41, 5.74) is 6.33. The zero-order chi connectivity index (χ0) is 22.8. The highest BCUT2D eigenvalue weighted by molar-refractivity contribution is 5.98. The van der Waals surface area contributed by atoms with Crippen LogP contribution in [-0.2, 0) is 9.59 Å². The monoisotopic (exact) mass is 425 g/mol. The van der Waals surface area contributed by atoms with Crippen LogP contribution in [0.1, 0.15) is 36.2 Å². The van der Waals surface area contributed by atoms with E-state index in [1.54, 1.807) is 55.7 Å². The number of nitrogens with one attached hydrogen (secondary N) is 3. The predicted molar refractivity (Wildman–Crippen MR) is 119 cm³/mol. The van der Waals surface area contributed by atoms with E-state index >= 15 is 0 Å². The van der Waals surface area contributed by atoms with Crippen LogP contribution in [0, 0.1) is 5.92 Å². The zero-order valence-corrected chi connectivity index (χ0v) is 18.0. The van der Waals surface area contributed by atoms with Gasteiger partial charge in [0.15, 0.2) is 11.5 Å². The number of rotatable bonds is 8. The van der Waals surface area contributed by atoms with Crippen LogP contribution in [0.5, 0.6) is 11.5 Å². The van der Waals surface area contributed by atoms with Gasteiger partial charge >= 0.3 is 0 Å². The number of amides is 3. The lowest BCUT2D eigenvalue weighted by molar-refractivity contribution is -0.117. The van der Waals surface area contributed by atoms with Crippen molar-refractivity contribution in [2.45, 2.75) is 20.3 Å². The highest BCUT2D eigenvalue weighted by Gasteiger charge is 2.09. The normalized spacial score (nSPS) is 10.6. The summed E-state index contributed by atoms with van der Waals surface area (Å²) >= 11 is 0. The fourth-order valence-corrected chi connectivity index (χ4v) is 2.65. The van der Waals surface area contributed by atoms with Gasteiger partial charge in [0.1, 0.15) is 0 Å². The fourth-order valence-electron chi connectivity index (χ4n) is 2.65. The molecule has 0 fully saturated rings. The summed E-state index contributed by atoms with van der Waals surface area (Å²) in [4.78, 5) is 36.0. The number of methoxy groups -OCH3 is 2. The van der Waals surface area contributed by atoms with Gasteiger partial charge in [0.2, 0.25) is 5.91 Å². The number of hydrogen-bond donors (Lipinski definition) is 3. The van der Waals surface area contributed by atoms with Crippen molar-refractivity contribution in [2.24, 2.45) is 5.92 Å². The van der Waals surface area contributed by atoms with Crippen molar-refractivity contribution in [2.75, 3.05) is 19.5 Å². The third kappa shape index (κ3) is 7.50. The van der Waals surface area contributed by atoms with Crippen molar-refractivity contribution in [3.05, 3.63) is 59.7 Å². The van der Waals surface area contributed by atoms with Crippen molar-refractivity contribution in [3.63, 3.8) is 0 Å². The second kappa shape index (κ2) is 11.4. The fraction of sp³-hybridized carbons (Fsp3) is 0.261. The van der Waals surface area contributed by atoms with E-state index in [4.69, 9.17) is 9.47 Å². The number of carbonyl (C=O) groups excluding carboxylic acids is 3. The Bertz CT molecular complexity index is 952. The van der Waals surface area contributed by atoms with Gasteiger partial charge in [-0.05, 0) is 54.0 Å². The largest absolute Gasteiger partial charge is 0.493 e. The molecule has 0 aliphatic heterocycles. The molecule has 164 valence electrons. The molecule has 0 aliphatic rings. The van der Waals surface area contributed by atoms with Gasteiger partial charge in [-0.2, -0.15) is 0 Å². The average molecular weight is 425 g/mol. The first-order valence-electron chi connectivity index (χ1n) is 9.72. The molecule has 8 heteroatoms. The van der Waals surface area contributed by atoms with E-state index in [1.165, 1.54) is 13.2 Å². The summed E-state index contributed by atoms with van der Waals surface area (Å²) in [6.45, 7) is 3.93. The minimum absolute atomic E-state index is 0.0827. The van der Waals surface area contributed by atoms with Crippen LogP contribution in [0.25, 0.3) is 6.08 Å². The first-order chi connectivity index (χ1) is 14.8. The lowest BCUT2D eigenvalue weighted by Gasteiger charge is -2.09. The summed E-state index contributed by atoms with van der Waals surface area (Å²) in [5, 5.41) is 2.77. The Morgan fingerprint density at radius 1 is 0.935 bits per heavy atom. The van der Waals surface area contributed by atoms with Gasteiger partial charge in [-0.1, -0.05) is 19.9 Å². The molecule has 0 aromatic heterocycles. The quantitative estimate of drug-likeness (QED) is 0.445. The standard InChI is InChI=1S/C23H27N3O5/c1-15(2)13-22(28)24-18-9-7-17(8-10-18)23(29)26-25-21(27)12-6-16-5-11-19(30-3)20(14-16)31-4/h5-12,14-15H,13H2,1-4H3,(H,24,28)(H,25,27)(H,26,29)/b12-6+. The Labute approximate surface area is 181 Å². The molecule has 0 aliphatic carbocycles. The van der Waals surface area contributed by atoms with Crippen molar-refractivity contribution < 1.29 is 23.9 Å². The van der Waals surface area contributed by atoms with Crippen LogP contribution >= 0.6 is 0 Å². The van der Waals surface area contributed by atoms with Gasteiger partial charge in [0.25, 0.3) is 11.8 Å². The number of hydrogen-bond acceptors (Lipinski definition) is 5. The van der Waals surface area contributed by atoms with E-state index in [0.29, 0.717) is 29.2 Å². The molecular formula is C23H27N3O5. The number of anilines is 1. The topological polar surface area (TPSA) is 106 Å². The third-order valence-electron chi connectivity index (χ3n) is 4.16. The Hall–Kier alpha value is -3.81. The summed E-state index contributed by atoms with van der Waals surface area (Å²) in [5.74, 6) is 0.327. The van der Waals surface area contributed by atoms with E-state index in [-0.39, 0.29) is 11.8 Å². The zero-order valence-electron chi connectivity index (χ0n) is 18.0. The lowest BCUT2D eigenvalue weighted by atomic mass is 10.1. The van der Waals surface area contributed by atoms with Crippen LogP contribution in [0.2, 0.25) is 0 Å². The second-order valence-corrected chi connectivity index (χ2v) is 7.11. The second-order valence-electron chi connectivity index (χ2n) is 7.11. The molecule has 0 saturated heterocycles. The van der Waals surface area contributed by atoms with Crippen LogP contribution in [-0.4, -0.2) is 31.9 Å². The van der Waals surface area contributed by atoms with Crippen LogP contribution in [0.4, 0.5) is 5.69 Å². The van der Waals surface area contributed by atoms with Crippen molar-refractivity contribution in [3.8, 4) is 11.5 Å². The Morgan fingerprint density at radius 2 is 1.61 bits per heavy atom. The molecule has 0 heterocycles. The summed E-state index contributed by atoms with van der Waals surface area (Å²) in [7, 11) is 3.07. The van der Waals surface area contributed by atoms with E-state index in [9.17, 15) is 14.4 Å². The molecule has 0 saturated carbocycles. The molecule has 3 amide bonds. The first-order valence-corrected chi connectivity index (χ1v) is 9.72. The van der Waals surface area contributed by atoms with E-state index in [1.807, 2.05) is 13.8 Å². The lowest BCUT2D eigenvalue weighted by Crippen LogP contribution is -2.40. The maximum Gasteiger partial charge on any atom is 0.269 e. The maximum atomic E-state index is 12.2. The number of benzene rings is 2.